The zero-order valence-electron chi connectivity index (χ0n) is 16.1. The second-order valence-corrected chi connectivity index (χ2v) is 7.09. The summed E-state index contributed by atoms with van der Waals surface area (Å²) >= 11 is 0. The number of fused-ring (bicyclic) bond motifs is 1. The number of anilines is 2. The van der Waals surface area contributed by atoms with E-state index < -0.39 is 0 Å². The third-order valence-electron chi connectivity index (χ3n) is 5.10. The maximum atomic E-state index is 11.6. The molecular formula is C20H24N6O2. The molecule has 3 heterocycles. The smallest absolute Gasteiger partial charge is 0.327 e. The minimum Gasteiger partial charge on any atom is -0.468 e. The number of aromatic nitrogens is 4. The van der Waals surface area contributed by atoms with E-state index in [9.17, 15) is 4.79 Å². The van der Waals surface area contributed by atoms with Crippen molar-refractivity contribution < 1.29 is 9.53 Å². The molecule has 0 atom stereocenters. The first kappa shape index (κ1) is 18.2. The summed E-state index contributed by atoms with van der Waals surface area (Å²) in [6.45, 7) is 3.95. The van der Waals surface area contributed by atoms with E-state index in [0.717, 1.165) is 37.1 Å². The summed E-state index contributed by atoms with van der Waals surface area (Å²) in [5, 5.41) is 8.79. The van der Waals surface area contributed by atoms with E-state index in [-0.39, 0.29) is 12.5 Å². The Bertz CT molecular complexity index is 978. The van der Waals surface area contributed by atoms with Crippen LogP contribution in [0.4, 0.5) is 11.5 Å². The lowest BCUT2D eigenvalue weighted by Crippen LogP contribution is -2.39. The van der Waals surface area contributed by atoms with Crippen molar-refractivity contribution in [3.8, 4) is 0 Å². The zero-order valence-corrected chi connectivity index (χ0v) is 16.1. The van der Waals surface area contributed by atoms with Gasteiger partial charge in [0.05, 0.1) is 18.7 Å². The number of piperidine rings is 1. The number of carbonyl (C=O) groups is 1. The number of nitrogens with zero attached hydrogens (tertiary/aromatic N) is 5. The van der Waals surface area contributed by atoms with Gasteiger partial charge in [0.2, 0.25) is 0 Å². The maximum absolute atomic E-state index is 11.6. The molecular weight excluding hydrogens is 356 g/mol. The molecule has 0 unspecified atom stereocenters. The van der Waals surface area contributed by atoms with Crippen LogP contribution < -0.4 is 10.2 Å². The number of ether oxygens (including phenoxy) is 1. The fraction of sp³-hybridized carbons (Fsp3) is 0.400. The van der Waals surface area contributed by atoms with Gasteiger partial charge in [-0.3, -0.25) is 4.79 Å². The number of hydrogen-bond donors (Lipinski definition) is 1. The second kappa shape index (κ2) is 7.84. The minimum absolute atomic E-state index is 0.0406. The second-order valence-electron chi connectivity index (χ2n) is 7.09. The molecule has 0 bridgehead atoms. The lowest BCUT2D eigenvalue weighted by molar-refractivity contribution is -0.141. The van der Waals surface area contributed by atoms with Gasteiger partial charge < -0.3 is 15.0 Å². The Labute approximate surface area is 163 Å². The molecule has 0 radical (unpaired) electrons. The molecule has 2 aromatic heterocycles. The number of carbonyl (C=O) groups excluding carboxylic acids is 1. The summed E-state index contributed by atoms with van der Waals surface area (Å²) in [6.07, 6.45) is 5.31. The van der Waals surface area contributed by atoms with Crippen molar-refractivity contribution in [3.05, 3.63) is 42.4 Å². The summed E-state index contributed by atoms with van der Waals surface area (Å²) in [5.74, 6) is 0.517. The molecule has 1 aliphatic rings. The van der Waals surface area contributed by atoms with Crippen LogP contribution in [0.2, 0.25) is 0 Å². The third-order valence-corrected chi connectivity index (χ3v) is 5.10. The molecule has 1 fully saturated rings. The standard InChI is InChI=1S/C20H24N6O2/c1-14-4-3-5-16(10-14)24-15-6-8-25(9-7-15)19-17-11-23-26(12-18(27)28-2)20(17)22-13-21-19/h3-5,10-11,13,15,24H,6-9,12H2,1-2H3. The number of rotatable bonds is 5. The molecule has 1 aromatic carbocycles. The Morgan fingerprint density at radius 1 is 1.29 bits per heavy atom. The van der Waals surface area contributed by atoms with Gasteiger partial charge in [0.15, 0.2) is 5.65 Å². The van der Waals surface area contributed by atoms with Crippen LogP contribution in [0.1, 0.15) is 18.4 Å². The van der Waals surface area contributed by atoms with E-state index in [1.165, 1.54) is 24.7 Å². The predicted molar refractivity (Wildman–Crippen MR) is 107 cm³/mol. The Morgan fingerprint density at radius 2 is 2.11 bits per heavy atom. The molecule has 1 N–H and O–H groups in total. The third kappa shape index (κ3) is 3.76. The molecule has 8 nitrogen and oxygen atoms in total. The Hall–Kier alpha value is -3.16. The average Bonchev–Trinajstić information content (AvgIpc) is 3.11. The molecule has 1 saturated heterocycles. The highest BCUT2D eigenvalue weighted by Gasteiger charge is 2.23. The number of methoxy groups -OCH3 is 1. The van der Waals surface area contributed by atoms with Crippen LogP contribution in [0.5, 0.6) is 0 Å². The van der Waals surface area contributed by atoms with Crippen molar-refractivity contribution in [2.45, 2.75) is 32.4 Å². The summed E-state index contributed by atoms with van der Waals surface area (Å²) in [6, 6.07) is 8.92. The molecule has 4 rings (SSSR count). The SMILES string of the molecule is COC(=O)Cn1ncc2c(N3CCC(Nc4cccc(C)c4)CC3)ncnc21. The van der Waals surface area contributed by atoms with Gasteiger partial charge in [0.25, 0.3) is 0 Å². The monoisotopic (exact) mass is 380 g/mol. The molecule has 0 saturated carbocycles. The van der Waals surface area contributed by atoms with Crippen LogP contribution in [-0.2, 0) is 16.1 Å². The van der Waals surface area contributed by atoms with E-state index in [2.05, 4.69) is 56.5 Å². The van der Waals surface area contributed by atoms with E-state index in [1.54, 1.807) is 10.9 Å². The topological polar surface area (TPSA) is 85.2 Å². The minimum atomic E-state index is -0.354. The van der Waals surface area contributed by atoms with Gasteiger partial charge in [-0.2, -0.15) is 5.10 Å². The first-order valence-corrected chi connectivity index (χ1v) is 9.45. The molecule has 8 heteroatoms. The fourth-order valence-electron chi connectivity index (χ4n) is 3.64. The number of esters is 1. The van der Waals surface area contributed by atoms with Crippen LogP contribution in [0, 0.1) is 6.92 Å². The number of aryl methyl sites for hydroxylation is 1. The van der Waals surface area contributed by atoms with Crippen molar-refractivity contribution in [2.24, 2.45) is 0 Å². The zero-order chi connectivity index (χ0) is 19.5. The highest BCUT2D eigenvalue weighted by molar-refractivity contribution is 5.87. The molecule has 0 amide bonds. The lowest BCUT2D eigenvalue weighted by Gasteiger charge is -2.33. The van der Waals surface area contributed by atoms with Gasteiger partial charge in [0.1, 0.15) is 18.7 Å². The van der Waals surface area contributed by atoms with Crippen molar-refractivity contribution in [1.29, 1.82) is 0 Å². The summed E-state index contributed by atoms with van der Waals surface area (Å²) in [4.78, 5) is 22.6. The van der Waals surface area contributed by atoms with E-state index in [0.29, 0.717) is 11.7 Å². The summed E-state index contributed by atoms with van der Waals surface area (Å²) in [5.41, 5.74) is 3.08. The quantitative estimate of drug-likeness (QED) is 0.680. The summed E-state index contributed by atoms with van der Waals surface area (Å²) < 4.78 is 6.28. The van der Waals surface area contributed by atoms with Gasteiger partial charge in [-0.15, -0.1) is 0 Å². The van der Waals surface area contributed by atoms with Crippen molar-refractivity contribution in [3.63, 3.8) is 0 Å². The van der Waals surface area contributed by atoms with E-state index in [1.807, 2.05) is 0 Å². The van der Waals surface area contributed by atoms with Gasteiger partial charge in [-0.25, -0.2) is 14.6 Å². The lowest BCUT2D eigenvalue weighted by atomic mass is 10.0. The van der Waals surface area contributed by atoms with Crippen LogP contribution in [-0.4, -0.2) is 52.0 Å². The summed E-state index contributed by atoms with van der Waals surface area (Å²) in [7, 11) is 1.36. The van der Waals surface area contributed by atoms with Crippen molar-refractivity contribution in [1.82, 2.24) is 19.7 Å². The largest absolute Gasteiger partial charge is 0.468 e. The van der Waals surface area contributed by atoms with Crippen LogP contribution in [0.25, 0.3) is 11.0 Å². The van der Waals surface area contributed by atoms with Crippen LogP contribution >= 0.6 is 0 Å². The fourth-order valence-corrected chi connectivity index (χ4v) is 3.64. The highest BCUT2D eigenvalue weighted by atomic mass is 16.5. The Kier molecular flexibility index (Phi) is 5.10. The van der Waals surface area contributed by atoms with E-state index in [4.69, 9.17) is 4.74 Å². The molecule has 28 heavy (non-hydrogen) atoms. The van der Waals surface area contributed by atoms with Crippen LogP contribution in [0.15, 0.2) is 36.8 Å². The molecule has 1 aliphatic heterocycles. The number of benzene rings is 1. The van der Waals surface area contributed by atoms with Gasteiger partial charge in [-0.1, -0.05) is 12.1 Å². The first-order valence-electron chi connectivity index (χ1n) is 9.45. The first-order chi connectivity index (χ1) is 13.6. The normalized spacial score (nSPS) is 15.0. The molecule has 146 valence electrons. The number of nitrogens with one attached hydrogen (secondary N) is 1. The van der Waals surface area contributed by atoms with E-state index >= 15 is 0 Å². The molecule has 0 spiro atoms. The Morgan fingerprint density at radius 3 is 2.86 bits per heavy atom. The van der Waals surface area contributed by atoms with Crippen LogP contribution in [0.3, 0.4) is 0 Å². The maximum Gasteiger partial charge on any atom is 0.327 e. The van der Waals surface area contributed by atoms with Crippen molar-refractivity contribution >= 4 is 28.5 Å². The number of hydrogen-bond acceptors (Lipinski definition) is 7. The predicted octanol–water partition coefficient (Wildman–Crippen LogP) is 2.39. The molecule has 0 aliphatic carbocycles. The van der Waals surface area contributed by atoms with Crippen molar-refractivity contribution in [2.75, 3.05) is 30.4 Å². The van der Waals surface area contributed by atoms with Gasteiger partial charge in [-0.05, 0) is 37.5 Å². The van der Waals surface area contributed by atoms with Gasteiger partial charge >= 0.3 is 5.97 Å². The Balaban J connectivity index is 1.46. The highest BCUT2D eigenvalue weighted by Crippen LogP contribution is 2.26. The van der Waals surface area contributed by atoms with Gasteiger partial charge in [0, 0.05) is 24.8 Å². The average molecular weight is 380 g/mol. The molecule has 3 aromatic rings.